The molecule has 0 radical (unpaired) electrons. The summed E-state index contributed by atoms with van der Waals surface area (Å²) >= 11 is 6.03. The zero-order chi connectivity index (χ0) is 21.0. The average Bonchev–Trinajstić information content (AvgIpc) is 2.67. The fraction of sp³-hybridized carbons (Fsp3) is 0.435. The third-order valence-corrected chi connectivity index (χ3v) is 5.55. The molecule has 1 heterocycles. The molecule has 6 heteroatoms. The summed E-state index contributed by atoms with van der Waals surface area (Å²) in [5, 5.41) is 13.5. The maximum Gasteiger partial charge on any atom is 0.303 e. The predicted molar refractivity (Wildman–Crippen MR) is 119 cm³/mol. The molecule has 0 bridgehead atoms. The highest BCUT2D eigenvalue weighted by atomic mass is 35.5. The van der Waals surface area contributed by atoms with Gasteiger partial charge < -0.3 is 20.1 Å². The first-order chi connectivity index (χ1) is 13.8. The molecule has 2 N–H and O–H groups in total. The van der Waals surface area contributed by atoms with Crippen molar-refractivity contribution in [1.29, 1.82) is 0 Å². The molecule has 1 aliphatic rings. The largest absolute Gasteiger partial charge is 0.481 e. The minimum absolute atomic E-state index is 0.0200. The van der Waals surface area contributed by atoms with Crippen LogP contribution in [-0.4, -0.2) is 36.4 Å². The molecule has 5 nitrogen and oxygen atoms in total. The number of anilines is 3. The van der Waals surface area contributed by atoms with Crippen molar-refractivity contribution in [3.8, 4) is 0 Å². The Bertz CT molecular complexity index is 852. The predicted octanol–water partition coefficient (Wildman–Crippen LogP) is 5.67. The molecule has 0 aromatic heterocycles. The highest BCUT2D eigenvalue weighted by Crippen LogP contribution is 2.36. The van der Waals surface area contributed by atoms with Crippen LogP contribution < -0.4 is 10.2 Å². The minimum atomic E-state index is -0.775. The lowest BCUT2D eigenvalue weighted by Gasteiger charge is -2.40. The third-order valence-electron chi connectivity index (χ3n) is 5.30. The quantitative estimate of drug-likeness (QED) is 0.609. The Morgan fingerprint density at radius 1 is 1.28 bits per heavy atom. The summed E-state index contributed by atoms with van der Waals surface area (Å²) in [5.74, 6) is -0.795. The fourth-order valence-corrected chi connectivity index (χ4v) is 3.93. The lowest BCUT2D eigenvalue weighted by molar-refractivity contribution is -0.137. The van der Waals surface area contributed by atoms with Crippen molar-refractivity contribution in [2.24, 2.45) is 0 Å². The van der Waals surface area contributed by atoms with E-state index >= 15 is 0 Å². The van der Waals surface area contributed by atoms with Gasteiger partial charge >= 0.3 is 5.97 Å². The number of carbonyl (C=O) groups is 1. The van der Waals surface area contributed by atoms with Gasteiger partial charge in [0, 0.05) is 23.8 Å². The van der Waals surface area contributed by atoms with Gasteiger partial charge in [0.25, 0.3) is 0 Å². The summed E-state index contributed by atoms with van der Waals surface area (Å²) in [7, 11) is 0. The third kappa shape index (κ3) is 5.64. The molecule has 0 saturated carbocycles. The Morgan fingerprint density at radius 2 is 2.00 bits per heavy atom. The van der Waals surface area contributed by atoms with Crippen LogP contribution in [0.3, 0.4) is 0 Å². The summed E-state index contributed by atoms with van der Waals surface area (Å²) in [6.07, 6.45) is 0.900. The molecular weight excluding hydrogens is 388 g/mol. The summed E-state index contributed by atoms with van der Waals surface area (Å²) in [4.78, 5) is 13.6. The molecule has 156 valence electrons. The number of ether oxygens (including phenoxy) is 1. The molecule has 1 aliphatic heterocycles. The maximum atomic E-state index is 11.3. The molecule has 1 unspecified atom stereocenters. The van der Waals surface area contributed by atoms with E-state index in [1.807, 2.05) is 31.2 Å². The van der Waals surface area contributed by atoms with E-state index in [1.54, 1.807) is 0 Å². The van der Waals surface area contributed by atoms with E-state index in [0.717, 1.165) is 42.1 Å². The summed E-state index contributed by atoms with van der Waals surface area (Å²) in [5.41, 5.74) is 3.80. The van der Waals surface area contributed by atoms with Gasteiger partial charge in [-0.1, -0.05) is 24.6 Å². The highest BCUT2D eigenvalue weighted by Gasteiger charge is 2.29. The minimum Gasteiger partial charge on any atom is -0.481 e. The zero-order valence-corrected chi connectivity index (χ0v) is 18.0. The van der Waals surface area contributed by atoms with E-state index in [-0.39, 0.29) is 17.9 Å². The van der Waals surface area contributed by atoms with E-state index in [1.165, 1.54) is 0 Å². The second-order valence-electron chi connectivity index (χ2n) is 8.14. The summed E-state index contributed by atoms with van der Waals surface area (Å²) < 4.78 is 5.87. The monoisotopic (exact) mass is 416 g/mol. The number of nitrogens with one attached hydrogen (secondary N) is 1. The van der Waals surface area contributed by atoms with Gasteiger partial charge in [0.1, 0.15) is 0 Å². The van der Waals surface area contributed by atoms with Crippen LogP contribution in [0.2, 0.25) is 5.02 Å². The highest BCUT2D eigenvalue weighted by molar-refractivity contribution is 6.30. The van der Waals surface area contributed by atoms with Crippen LogP contribution in [0.5, 0.6) is 0 Å². The molecule has 1 atom stereocenters. The first kappa shape index (κ1) is 21.5. The number of hydrogen-bond donors (Lipinski definition) is 2. The van der Waals surface area contributed by atoms with Crippen LogP contribution in [0.4, 0.5) is 17.1 Å². The normalized spacial score (nSPS) is 17.0. The molecular formula is C23H29ClN2O3. The number of carboxylic acid groups (broad SMARTS) is 1. The second-order valence-corrected chi connectivity index (χ2v) is 8.58. The number of benzene rings is 2. The number of morpholine rings is 1. The van der Waals surface area contributed by atoms with Crippen LogP contribution >= 0.6 is 11.6 Å². The zero-order valence-electron chi connectivity index (χ0n) is 17.2. The Kier molecular flexibility index (Phi) is 6.70. The molecule has 3 rings (SSSR count). The average molecular weight is 417 g/mol. The SMILES string of the molecule is CCC(CC(=O)O)c1ccc(N2CCOC(C)(C)C2)c(Nc2ccc(Cl)cc2)c1. The summed E-state index contributed by atoms with van der Waals surface area (Å²) in [6.45, 7) is 8.49. The lowest BCUT2D eigenvalue weighted by atomic mass is 9.92. The van der Waals surface area contributed by atoms with Gasteiger partial charge in [-0.05, 0) is 68.1 Å². The Hall–Kier alpha value is -2.24. The number of rotatable bonds is 7. The van der Waals surface area contributed by atoms with Crippen molar-refractivity contribution in [3.05, 3.63) is 53.1 Å². The molecule has 29 heavy (non-hydrogen) atoms. The van der Waals surface area contributed by atoms with Crippen LogP contribution in [0.25, 0.3) is 0 Å². The van der Waals surface area contributed by atoms with E-state index in [4.69, 9.17) is 16.3 Å². The maximum absolute atomic E-state index is 11.3. The van der Waals surface area contributed by atoms with E-state index in [0.29, 0.717) is 11.6 Å². The standard InChI is InChI=1S/C23H29ClN2O3/c1-4-16(14-22(27)28)17-5-10-21(26-11-12-29-23(2,3)15-26)20(13-17)25-19-8-6-18(24)7-9-19/h5-10,13,16,25H,4,11-12,14-15H2,1-3H3,(H,27,28). The van der Waals surface area contributed by atoms with Crippen molar-refractivity contribution in [2.75, 3.05) is 29.9 Å². The van der Waals surface area contributed by atoms with Gasteiger partial charge in [-0.3, -0.25) is 4.79 Å². The number of nitrogens with zero attached hydrogens (tertiary/aromatic N) is 1. The van der Waals surface area contributed by atoms with Gasteiger partial charge in [-0.15, -0.1) is 0 Å². The Labute approximate surface area is 177 Å². The number of aliphatic carboxylic acids is 1. The number of halogens is 1. The Morgan fingerprint density at radius 3 is 2.62 bits per heavy atom. The number of carboxylic acids is 1. The van der Waals surface area contributed by atoms with E-state index in [2.05, 4.69) is 42.3 Å². The van der Waals surface area contributed by atoms with Gasteiger partial charge in [-0.25, -0.2) is 0 Å². The van der Waals surface area contributed by atoms with Crippen molar-refractivity contribution < 1.29 is 14.6 Å². The van der Waals surface area contributed by atoms with Gasteiger partial charge in [0.2, 0.25) is 0 Å². The first-order valence-corrected chi connectivity index (χ1v) is 10.4. The van der Waals surface area contributed by atoms with Crippen molar-refractivity contribution in [3.63, 3.8) is 0 Å². The molecule has 0 amide bonds. The first-order valence-electron chi connectivity index (χ1n) is 10.0. The second kappa shape index (κ2) is 9.06. The van der Waals surface area contributed by atoms with E-state index in [9.17, 15) is 9.90 Å². The fourth-order valence-electron chi connectivity index (χ4n) is 3.80. The molecule has 0 aliphatic carbocycles. The van der Waals surface area contributed by atoms with Crippen molar-refractivity contribution in [2.45, 2.75) is 45.1 Å². The van der Waals surface area contributed by atoms with Crippen LogP contribution in [0.1, 0.15) is 45.1 Å². The molecule has 2 aromatic carbocycles. The molecule has 2 aromatic rings. The smallest absolute Gasteiger partial charge is 0.303 e. The van der Waals surface area contributed by atoms with Gasteiger partial charge in [0.15, 0.2) is 0 Å². The van der Waals surface area contributed by atoms with Crippen LogP contribution in [0.15, 0.2) is 42.5 Å². The topological polar surface area (TPSA) is 61.8 Å². The number of hydrogen-bond acceptors (Lipinski definition) is 4. The lowest BCUT2D eigenvalue weighted by Crippen LogP contribution is -2.48. The van der Waals surface area contributed by atoms with Crippen LogP contribution in [0, 0.1) is 0 Å². The molecule has 1 fully saturated rings. The Balaban J connectivity index is 1.97. The van der Waals surface area contributed by atoms with Crippen LogP contribution in [-0.2, 0) is 9.53 Å². The molecule has 0 spiro atoms. The van der Waals surface area contributed by atoms with Gasteiger partial charge in [0.05, 0.1) is 30.0 Å². The van der Waals surface area contributed by atoms with Crippen molar-refractivity contribution >= 4 is 34.6 Å². The van der Waals surface area contributed by atoms with Gasteiger partial charge in [-0.2, -0.15) is 0 Å². The summed E-state index contributed by atoms with van der Waals surface area (Å²) in [6, 6.07) is 13.8. The van der Waals surface area contributed by atoms with E-state index < -0.39 is 5.97 Å². The van der Waals surface area contributed by atoms with Crippen molar-refractivity contribution in [1.82, 2.24) is 0 Å². The molecule has 1 saturated heterocycles.